The highest BCUT2D eigenvalue weighted by atomic mass is 19.1. The molecule has 17 heavy (non-hydrogen) atoms. The molecule has 1 fully saturated rings. The van der Waals surface area contributed by atoms with E-state index in [2.05, 4.69) is 10.3 Å². The number of hydrogen-bond donors (Lipinski definition) is 1. The minimum atomic E-state index is -0.249. The lowest BCUT2D eigenvalue weighted by Crippen LogP contribution is -2.42. The van der Waals surface area contributed by atoms with Crippen LogP contribution in [0.5, 0.6) is 0 Å². The molecule has 1 saturated heterocycles. The first-order valence-electron chi connectivity index (χ1n) is 5.72. The van der Waals surface area contributed by atoms with Crippen LogP contribution in [0.15, 0.2) is 34.9 Å². The third kappa shape index (κ3) is 2.22. The van der Waals surface area contributed by atoms with Crippen LogP contribution in [-0.4, -0.2) is 18.1 Å². The largest absolute Gasteiger partial charge is 0.441 e. The van der Waals surface area contributed by atoms with Crippen LogP contribution < -0.4 is 5.32 Å². The molecule has 0 spiro atoms. The van der Waals surface area contributed by atoms with E-state index in [1.165, 1.54) is 12.1 Å². The van der Waals surface area contributed by atoms with Gasteiger partial charge in [0.2, 0.25) is 5.89 Å². The van der Waals surface area contributed by atoms with Crippen molar-refractivity contribution >= 4 is 0 Å². The molecule has 2 heterocycles. The van der Waals surface area contributed by atoms with Crippen molar-refractivity contribution in [3.05, 3.63) is 42.0 Å². The third-order valence-corrected chi connectivity index (χ3v) is 3.00. The van der Waals surface area contributed by atoms with Crippen LogP contribution in [-0.2, 0) is 6.42 Å². The maximum absolute atomic E-state index is 12.8. The zero-order chi connectivity index (χ0) is 11.7. The Kier molecular flexibility index (Phi) is 2.65. The number of aromatic nitrogens is 1. The minimum Gasteiger partial charge on any atom is -0.441 e. The molecule has 4 heteroatoms. The summed E-state index contributed by atoms with van der Waals surface area (Å²) in [6.45, 7) is 2.10. The van der Waals surface area contributed by atoms with E-state index in [1.807, 2.05) is 0 Å². The standard InChI is InChI=1S/C13H13FN2O/c14-11-3-1-10(2-4-11)13-16-8-12(17-13)5-9-6-15-7-9/h1-4,8-9,15H,5-7H2. The molecule has 2 aromatic rings. The SMILES string of the molecule is Fc1ccc(-c2ncc(CC3CNC3)o2)cc1. The lowest BCUT2D eigenvalue weighted by Gasteiger charge is -2.25. The van der Waals surface area contributed by atoms with Crippen LogP contribution in [0.25, 0.3) is 11.5 Å². The van der Waals surface area contributed by atoms with Gasteiger partial charge < -0.3 is 9.73 Å². The third-order valence-electron chi connectivity index (χ3n) is 3.00. The summed E-state index contributed by atoms with van der Waals surface area (Å²) in [5.41, 5.74) is 0.810. The fourth-order valence-corrected chi connectivity index (χ4v) is 1.91. The fraction of sp³-hybridized carbons (Fsp3) is 0.308. The molecular weight excluding hydrogens is 219 g/mol. The highest BCUT2D eigenvalue weighted by Crippen LogP contribution is 2.21. The molecule has 0 atom stereocenters. The Hall–Kier alpha value is -1.68. The average Bonchev–Trinajstić information content (AvgIpc) is 2.73. The fourth-order valence-electron chi connectivity index (χ4n) is 1.91. The van der Waals surface area contributed by atoms with E-state index in [1.54, 1.807) is 18.3 Å². The van der Waals surface area contributed by atoms with Crippen LogP contribution in [0.3, 0.4) is 0 Å². The van der Waals surface area contributed by atoms with Gasteiger partial charge in [0.15, 0.2) is 0 Å². The van der Waals surface area contributed by atoms with Crippen molar-refractivity contribution in [2.24, 2.45) is 5.92 Å². The molecule has 88 valence electrons. The number of nitrogens with zero attached hydrogens (tertiary/aromatic N) is 1. The number of nitrogens with one attached hydrogen (secondary N) is 1. The first kappa shape index (κ1) is 10.5. The Labute approximate surface area is 98.7 Å². The van der Waals surface area contributed by atoms with Gasteiger partial charge in [-0.2, -0.15) is 0 Å². The summed E-state index contributed by atoms with van der Waals surface area (Å²) in [4.78, 5) is 4.22. The van der Waals surface area contributed by atoms with Crippen LogP contribution in [0, 0.1) is 11.7 Å². The predicted octanol–water partition coefficient (Wildman–Crippen LogP) is 2.24. The molecule has 0 aliphatic carbocycles. The summed E-state index contributed by atoms with van der Waals surface area (Å²) in [6, 6.07) is 6.18. The summed E-state index contributed by atoms with van der Waals surface area (Å²) >= 11 is 0. The van der Waals surface area contributed by atoms with Crippen molar-refractivity contribution in [2.75, 3.05) is 13.1 Å². The molecule has 1 aliphatic rings. The van der Waals surface area contributed by atoms with Gasteiger partial charge in [-0.15, -0.1) is 0 Å². The molecular formula is C13H13FN2O. The van der Waals surface area contributed by atoms with Crippen molar-refractivity contribution in [3.63, 3.8) is 0 Å². The molecule has 3 rings (SSSR count). The smallest absolute Gasteiger partial charge is 0.226 e. The summed E-state index contributed by atoms with van der Waals surface area (Å²) in [5.74, 6) is 1.87. The molecule has 0 saturated carbocycles. The van der Waals surface area contributed by atoms with Gasteiger partial charge in [0.1, 0.15) is 11.6 Å². The molecule has 1 aromatic carbocycles. The Morgan fingerprint density at radius 1 is 1.29 bits per heavy atom. The maximum atomic E-state index is 12.8. The van der Waals surface area contributed by atoms with Crippen LogP contribution in [0.2, 0.25) is 0 Å². The molecule has 3 nitrogen and oxygen atoms in total. The average molecular weight is 232 g/mol. The molecule has 0 amide bonds. The van der Waals surface area contributed by atoms with Crippen molar-refractivity contribution < 1.29 is 8.81 Å². The molecule has 0 radical (unpaired) electrons. The van der Waals surface area contributed by atoms with Gasteiger partial charge in [-0.3, -0.25) is 0 Å². The van der Waals surface area contributed by atoms with Crippen molar-refractivity contribution in [3.8, 4) is 11.5 Å². The van der Waals surface area contributed by atoms with E-state index in [9.17, 15) is 4.39 Å². The second kappa shape index (κ2) is 4.30. The Morgan fingerprint density at radius 3 is 2.71 bits per heavy atom. The summed E-state index contributed by atoms with van der Waals surface area (Å²) in [7, 11) is 0. The van der Waals surface area contributed by atoms with Gasteiger partial charge in [0, 0.05) is 12.0 Å². The first-order valence-corrected chi connectivity index (χ1v) is 5.72. The zero-order valence-corrected chi connectivity index (χ0v) is 9.32. The highest BCUT2D eigenvalue weighted by molar-refractivity contribution is 5.52. The number of halogens is 1. The number of hydrogen-bond acceptors (Lipinski definition) is 3. The molecule has 1 N–H and O–H groups in total. The van der Waals surface area contributed by atoms with Gasteiger partial charge >= 0.3 is 0 Å². The normalized spacial score (nSPS) is 15.8. The lowest BCUT2D eigenvalue weighted by atomic mass is 9.98. The van der Waals surface area contributed by atoms with E-state index in [0.29, 0.717) is 11.8 Å². The number of rotatable bonds is 3. The summed E-state index contributed by atoms with van der Waals surface area (Å²) < 4.78 is 18.4. The van der Waals surface area contributed by atoms with Gasteiger partial charge in [0.25, 0.3) is 0 Å². The predicted molar refractivity (Wildman–Crippen MR) is 62.0 cm³/mol. The quantitative estimate of drug-likeness (QED) is 0.882. The topological polar surface area (TPSA) is 38.1 Å². The summed E-state index contributed by atoms with van der Waals surface area (Å²) in [5, 5.41) is 3.22. The van der Waals surface area contributed by atoms with Crippen molar-refractivity contribution in [1.82, 2.24) is 10.3 Å². The molecule has 0 unspecified atom stereocenters. The van der Waals surface area contributed by atoms with Gasteiger partial charge in [-0.25, -0.2) is 9.37 Å². The Bertz CT molecular complexity index is 502. The van der Waals surface area contributed by atoms with E-state index in [-0.39, 0.29) is 5.82 Å². The number of oxazole rings is 1. The highest BCUT2D eigenvalue weighted by Gasteiger charge is 2.19. The van der Waals surface area contributed by atoms with Gasteiger partial charge in [0.05, 0.1) is 6.20 Å². The van der Waals surface area contributed by atoms with Gasteiger partial charge in [-0.05, 0) is 43.3 Å². The molecule has 1 aliphatic heterocycles. The van der Waals surface area contributed by atoms with E-state index in [0.717, 1.165) is 30.8 Å². The van der Waals surface area contributed by atoms with E-state index < -0.39 is 0 Å². The van der Waals surface area contributed by atoms with Gasteiger partial charge in [-0.1, -0.05) is 0 Å². The van der Waals surface area contributed by atoms with Crippen LogP contribution >= 0.6 is 0 Å². The monoisotopic (exact) mass is 232 g/mol. The lowest BCUT2D eigenvalue weighted by molar-refractivity contribution is 0.324. The molecule has 0 bridgehead atoms. The second-order valence-corrected chi connectivity index (χ2v) is 4.37. The Balaban J connectivity index is 1.76. The Morgan fingerprint density at radius 2 is 2.06 bits per heavy atom. The van der Waals surface area contributed by atoms with Crippen LogP contribution in [0.1, 0.15) is 5.76 Å². The zero-order valence-electron chi connectivity index (χ0n) is 9.32. The second-order valence-electron chi connectivity index (χ2n) is 4.37. The minimum absolute atomic E-state index is 0.249. The van der Waals surface area contributed by atoms with E-state index >= 15 is 0 Å². The number of benzene rings is 1. The summed E-state index contributed by atoms with van der Waals surface area (Å²) in [6.07, 6.45) is 2.68. The van der Waals surface area contributed by atoms with Crippen LogP contribution in [0.4, 0.5) is 4.39 Å². The molecule has 1 aromatic heterocycles. The first-order chi connectivity index (χ1) is 8.31. The van der Waals surface area contributed by atoms with Crippen molar-refractivity contribution in [1.29, 1.82) is 0 Å². The van der Waals surface area contributed by atoms with E-state index in [4.69, 9.17) is 4.42 Å². The maximum Gasteiger partial charge on any atom is 0.226 e. The van der Waals surface area contributed by atoms with Crippen molar-refractivity contribution in [2.45, 2.75) is 6.42 Å².